The van der Waals surface area contributed by atoms with E-state index in [4.69, 9.17) is 0 Å². The third-order valence-corrected chi connectivity index (χ3v) is 4.38. The standard InChI is InChI=1S/C18H24N2O2/c1-5-12(6-2)17(21)19-13-8-9-15-11(4)14(7-3)18(22)20-16(15)10-13/h8-10,12H,5-7H2,1-4H3,(H,19,21)(H,20,22). The van der Waals surface area contributed by atoms with Crippen molar-refractivity contribution < 1.29 is 4.79 Å². The molecule has 0 spiro atoms. The van der Waals surface area contributed by atoms with Gasteiger partial charge in [-0.1, -0.05) is 26.8 Å². The molecule has 0 radical (unpaired) electrons. The van der Waals surface area contributed by atoms with Gasteiger partial charge < -0.3 is 10.3 Å². The maximum absolute atomic E-state index is 12.2. The van der Waals surface area contributed by atoms with Gasteiger partial charge >= 0.3 is 0 Å². The number of aromatic amines is 1. The summed E-state index contributed by atoms with van der Waals surface area (Å²) in [5.41, 5.74) is 3.28. The second-order valence-corrected chi connectivity index (χ2v) is 5.67. The zero-order valence-electron chi connectivity index (χ0n) is 13.7. The summed E-state index contributed by atoms with van der Waals surface area (Å²) in [6.45, 7) is 7.98. The van der Waals surface area contributed by atoms with Gasteiger partial charge in [0.25, 0.3) is 5.56 Å². The first kappa shape index (κ1) is 16.3. The minimum atomic E-state index is -0.0454. The van der Waals surface area contributed by atoms with E-state index in [-0.39, 0.29) is 17.4 Å². The summed E-state index contributed by atoms with van der Waals surface area (Å²) in [5, 5.41) is 3.97. The van der Waals surface area contributed by atoms with Crippen molar-refractivity contribution in [2.45, 2.75) is 47.0 Å². The average Bonchev–Trinajstić information content (AvgIpc) is 2.48. The first-order valence-electron chi connectivity index (χ1n) is 7.98. The molecule has 0 aliphatic rings. The van der Waals surface area contributed by atoms with E-state index < -0.39 is 0 Å². The van der Waals surface area contributed by atoms with Crippen molar-refractivity contribution in [3.05, 3.63) is 39.7 Å². The Bertz CT molecular complexity index is 743. The van der Waals surface area contributed by atoms with Crippen LogP contribution in [0.25, 0.3) is 10.9 Å². The fraction of sp³-hybridized carbons (Fsp3) is 0.444. The number of carbonyl (C=O) groups is 1. The molecule has 2 N–H and O–H groups in total. The lowest BCUT2D eigenvalue weighted by Gasteiger charge is -2.14. The summed E-state index contributed by atoms with van der Waals surface area (Å²) in [6, 6.07) is 5.69. The van der Waals surface area contributed by atoms with Crippen molar-refractivity contribution in [3.63, 3.8) is 0 Å². The van der Waals surface area contributed by atoms with Crippen LogP contribution in [0.2, 0.25) is 0 Å². The van der Waals surface area contributed by atoms with Crippen molar-refractivity contribution in [2.75, 3.05) is 5.32 Å². The third kappa shape index (κ3) is 3.06. The summed E-state index contributed by atoms with van der Waals surface area (Å²) in [5.74, 6) is 0.0625. The Hall–Kier alpha value is -2.10. The number of benzene rings is 1. The number of anilines is 1. The normalized spacial score (nSPS) is 11.1. The number of aryl methyl sites for hydroxylation is 1. The number of amides is 1. The molecule has 0 bridgehead atoms. The molecule has 0 fully saturated rings. The van der Waals surface area contributed by atoms with Crippen molar-refractivity contribution in [3.8, 4) is 0 Å². The molecule has 0 saturated heterocycles. The smallest absolute Gasteiger partial charge is 0.251 e. The Morgan fingerprint density at radius 2 is 1.91 bits per heavy atom. The lowest BCUT2D eigenvalue weighted by molar-refractivity contribution is -0.120. The van der Waals surface area contributed by atoms with Crippen LogP contribution in [-0.4, -0.2) is 10.9 Å². The van der Waals surface area contributed by atoms with E-state index in [1.165, 1.54) is 0 Å². The molecule has 2 rings (SSSR count). The summed E-state index contributed by atoms with van der Waals surface area (Å²) in [7, 11) is 0. The van der Waals surface area contributed by atoms with Gasteiger partial charge in [-0.3, -0.25) is 9.59 Å². The third-order valence-electron chi connectivity index (χ3n) is 4.38. The second kappa shape index (κ2) is 6.77. The fourth-order valence-corrected chi connectivity index (χ4v) is 2.91. The molecule has 0 unspecified atom stereocenters. The molecule has 4 heteroatoms. The van der Waals surface area contributed by atoms with E-state index in [1.54, 1.807) is 0 Å². The van der Waals surface area contributed by atoms with E-state index >= 15 is 0 Å². The monoisotopic (exact) mass is 300 g/mol. The maximum atomic E-state index is 12.2. The van der Waals surface area contributed by atoms with Crippen LogP contribution in [0, 0.1) is 12.8 Å². The number of pyridine rings is 1. The van der Waals surface area contributed by atoms with Gasteiger partial charge in [0.05, 0.1) is 5.52 Å². The highest BCUT2D eigenvalue weighted by atomic mass is 16.2. The van der Waals surface area contributed by atoms with Crippen molar-refractivity contribution in [2.24, 2.45) is 5.92 Å². The van der Waals surface area contributed by atoms with Crippen LogP contribution in [-0.2, 0) is 11.2 Å². The Kier molecular flexibility index (Phi) is 5.01. The molecule has 1 heterocycles. The molecule has 0 atom stereocenters. The van der Waals surface area contributed by atoms with Crippen LogP contribution in [0.3, 0.4) is 0 Å². The van der Waals surface area contributed by atoms with Crippen LogP contribution >= 0.6 is 0 Å². The molecule has 1 aromatic carbocycles. The Morgan fingerprint density at radius 3 is 2.50 bits per heavy atom. The second-order valence-electron chi connectivity index (χ2n) is 5.67. The number of H-pyrrole nitrogens is 1. The van der Waals surface area contributed by atoms with E-state index in [1.807, 2.05) is 45.9 Å². The van der Waals surface area contributed by atoms with Gasteiger partial charge in [0.15, 0.2) is 0 Å². The lowest BCUT2D eigenvalue weighted by atomic mass is 10.0. The minimum Gasteiger partial charge on any atom is -0.326 e. The molecule has 0 saturated carbocycles. The molecular weight excluding hydrogens is 276 g/mol. The number of hydrogen-bond acceptors (Lipinski definition) is 2. The summed E-state index contributed by atoms with van der Waals surface area (Å²) >= 11 is 0. The lowest BCUT2D eigenvalue weighted by Crippen LogP contribution is -2.21. The quantitative estimate of drug-likeness (QED) is 0.883. The van der Waals surface area contributed by atoms with Crippen LogP contribution < -0.4 is 10.9 Å². The van der Waals surface area contributed by atoms with Gasteiger partial charge in [-0.25, -0.2) is 0 Å². The zero-order valence-corrected chi connectivity index (χ0v) is 13.7. The minimum absolute atomic E-state index is 0.0268. The first-order chi connectivity index (χ1) is 10.5. The number of fused-ring (bicyclic) bond motifs is 1. The predicted molar refractivity (Wildman–Crippen MR) is 91.4 cm³/mol. The SMILES string of the molecule is CCc1c(C)c2ccc(NC(=O)C(CC)CC)cc2[nH]c1=O. The van der Waals surface area contributed by atoms with Crippen molar-refractivity contribution in [1.82, 2.24) is 4.98 Å². The zero-order chi connectivity index (χ0) is 16.3. The van der Waals surface area contributed by atoms with Crippen LogP contribution in [0.1, 0.15) is 44.7 Å². The van der Waals surface area contributed by atoms with E-state index in [2.05, 4.69) is 10.3 Å². The maximum Gasteiger partial charge on any atom is 0.251 e. The van der Waals surface area contributed by atoms with Gasteiger partial charge in [0.1, 0.15) is 0 Å². The first-order valence-corrected chi connectivity index (χ1v) is 7.98. The Labute approximate surface area is 130 Å². The van der Waals surface area contributed by atoms with E-state index in [0.29, 0.717) is 6.42 Å². The molecule has 0 aliphatic carbocycles. The van der Waals surface area contributed by atoms with Crippen molar-refractivity contribution >= 4 is 22.5 Å². The Morgan fingerprint density at radius 1 is 1.23 bits per heavy atom. The number of aromatic nitrogens is 1. The van der Waals surface area contributed by atoms with Gasteiger partial charge in [0.2, 0.25) is 5.91 Å². The van der Waals surface area contributed by atoms with E-state index in [9.17, 15) is 9.59 Å². The summed E-state index contributed by atoms with van der Waals surface area (Å²) in [4.78, 5) is 27.2. The molecule has 118 valence electrons. The largest absolute Gasteiger partial charge is 0.326 e. The predicted octanol–water partition coefficient (Wildman–Crippen LogP) is 3.77. The number of carbonyl (C=O) groups excluding carboxylic acids is 1. The van der Waals surface area contributed by atoms with Crippen molar-refractivity contribution in [1.29, 1.82) is 0 Å². The van der Waals surface area contributed by atoms with Gasteiger partial charge in [-0.2, -0.15) is 0 Å². The van der Waals surface area contributed by atoms with Gasteiger partial charge in [-0.05, 0) is 43.9 Å². The van der Waals surface area contributed by atoms with Crippen LogP contribution in [0.4, 0.5) is 5.69 Å². The van der Waals surface area contributed by atoms with Crippen LogP contribution in [0.5, 0.6) is 0 Å². The molecular formula is C18H24N2O2. The molecule has 0 aliphatic heterocycles. The highest BCUT2D eigenvalue weighted by Crippen LogP contribution is 2.22. The summed E-state index contributed by atoms with van der Waals surface area (Å²) in [6.07, 6.45) is 2.36. The molecule has 2 aromatic rings. The molecule has 1 amide bonds. The highest BCUT2D eigenvalue weighted by Gasteiger charge is 2.14. The summed E-state index contributed by atoms with van der Waals surface area (Å²) < 4.78 is 0. The number of nitrogens with one attached hydrogen (secondary N) is 2. The topological polar surface area (TPSA) is 62.0 Å². The molecule has 1 aromatic heterocycles. The molecule has 4 nitrogen and oxygen atoms in total. The molecule has 22 heavy (non-hydrogen) atoms. The number of hydrogen-bond donors (Lipinski definition) is 2. The Balaban J connectivity index is 2.39. The van der Waals surface area contributed by atoms with Gasteiger partial charge in [0, 0.05) is 22.6 Å². The number of rotatable bonds is 5. The van der Waals surface area contributed by atoms with E-state index in [0.717, 1.165) is 40.6 Å². The fourth-order valence-electron chi connectivity index (χ4n) is 2.91. The average molecular weight is 300 g/mol. The van der Waals surface area contributed by atoms with Gasteiger partial charge in [-0.15, -0.1) is 0 Å². The van der Waals surface area contributed by atoms with Crippen LogP contribution in [0.15, 0.2) is 23.0 Å². The highest BCUT2D eigenvalue weighted by molar-refractivity contribution is 5.95.